The highest BCUT2D eigenvalue weighted by atomic mass is 19.4. The number of aliphatic hydroxyl groups is 1. The van der Waals surface area contributed by atoms with Crippen molar-refractivity contribution in [3.05, 3.63) is 29.3 Å². The van der Waals surface area contributed by atoms with Crippen LogP contribution in [-0.2, 0) is 11.2 Å². The second-order valence-corrected chi connectivity index (χ2v) is 4.36. The van der Waals surface area contributed by atoms with E-state index in [0.717, 1.165) is 0 Å². The molecule has 0 fully saturated rings. The molecule has 0 spiro atoms. The van der Waals surface area contributed by atoms with Crippen molar-refractivity contribution in [3.8, 4) is 0 Å². The average molecular weight is 288 g/mol. The molecule has 1 aliphatic heterocycles. The lowest BCUT2D eigenvalue weighted by Crippen LogP contribution is -2.40. The Morgan fingerprint density at radius 2 is 2.15 bits per heavy atom. The predicted octanol–water partition coefficient (Wildman–Crippen LogP) is 0.834. The number of benzene rings is 1. The molecule has 0 saturated carbocycles. The third-order valence-electron chi connectivity index (χ3n) is 2.83. The Morgan fingerprint density at radius 1 is 1.45 bits per heavy atom. The third kappa shape index (κ3) is 3.08. The van der Waals surface area contributed by atoms with E-state index in [1.807, 2.05) is 5.32 Å². The predicted molar refractivity (Wildman–Crippen MR) is 63.2 cm³/mol. The molecule has 1 aromatic carbocycles. The van der Waals surface area contributed by atoms with Gasteiger partial charge in [-0.3, -0.25) is 9.59 Å². The van der Waals surface area contributed by atoms with Crippen molar-refractivity contribution in [1.29, 1.82) is 0 Å². The summed E-state index contributed by atoms with van der Waals surface area (Å²) in [6, 6.07) is 4.33. The number of nitrogens with one attached hydrogen (secondary N) is 2. The molecular formula is C12H11F3N2O3. The van der Waals surface area contributed by atoms with E-state index in [-0.39, 0.29) is 17.9 Å². The zero-order chi connectivity index (χ0) is 14.9. The first-order valence-corrected chi connectivity index (χ1v) is 5.73. The first kappa shape index (κ1) is 14.3. The van der Waals surface area contributed by atoms with Gasteiger partial charge < -0.3 is 15.7 Å². The summed E-state index contributed by atoms with van der Waals surface area (Å²) in [5, 5.41) is 13.3. The summed E-state index contributed by atoms with van der Waals surface area (Å²) in [7, 11) is 0. The van der Waals surface area contributed by atoms with E-state index < -0.39 is 24.7 Å². The van der Waals surface area contributed by atoms with Gasteiger partial charge in [-0.25, -0.2) is 0 Å². The highest BCUT2D eigenvalue weighted by Crippen LogP contribution is 2.24. The molecule has 0 aliphatic carbocycles. The van der Waals surface area contributed by atoms with Crippen molar-refractivity contribution in [1.82, 2.24) is 5.32 Å². The van der Waals surface area contributed by atoms with Crippen LogP contribution in [0.5, 0.6) is 0 Å². The quantitative estimate of drug-likeness (QED) is 0.771. The molecule has 0 bridgehead atoms. The monoisotopic (exact) mass is 288 g/mol. The van der Waals surface area contributed by atoms with E-state index in [1.54, 1.807) is 0 Å². The number of alkyl halides is 3. The second-order valence-electron chi connectivity index (χ2n) is 4.36. The van der Waals surface area contributed by atoms with Gasteiger partial charge in [-0.1, -0.05) is 0 Å². The minimum absolute atomic E-state index is 0.127. The standard InChI is InChI=1S/C12H11F3N2O3/c13-12(14,15)9(18)5-16-11(20)6-1-2-8-7(3-6)4-10(19)17-8/h1-3,9,18H,4-5H2,(H,16,20)(H,17,19). The van der Waals surface area contributed by atoms with Crippen LogP contribution in [-0.4, -0.2) is 35.7 Å². The number of hydrogen-bond acceptors (Lipinski definition) is 3. The van der Waals surface area contributed by atoms with Crippen molar-refractivity contribution in [2.75, 3.05) is 11.9 Å². The number of anilines is 1. The molecule has 20 heavy (non-hydrogen) atoms. The van der Waals surface area contributed by atoms with E-state index in [1.165, 1.54) is 18.2 Å². The van der Waals surface area contributed by atoms with Crippen LogP contribution in [0.15, 0.2) is 18.2 Å². The minimum atomic E-state index is -4.78. The van der Waals surface area contributed by atoms with Crippen LogP contribution < -0.4 is 10.6 Å². The number of rotatable bonds is 3. The summed E-state index contributed by atoms with van der Waals surface area (Å²) >= 11 is 0. The smallest absolute Gasteiger partial charge is 0.382 e. The molecule has 1 unspecified atom stereocenters. The molecule has 3 N–H and O–H groups in total. The van der Waals surface area contributed by atoms with Crippen LogP contribution >= 0.6 is 0 Å². The number of halogens is 3. The van der Waals surface area contributed by atoms with E-state index >= 15 is 0 Å². The Morgan fingerprint density at radius 3 is 2.80 bits per heavy atom. The van der Waals surface area contributed by atoms with Crippen LogP contribution in [0.2, 0.25) is 0 Å². The maximum Gasteiger partial charge on any atom is 0.416 e. The van der Waals surface area contributed by atoms with Gasteiger partial charge >= 0.3 is 6.18 Å². The van der Waals surface area contributed by atoms with Crippen molar-refractivity contribution in [2.24, 2.45) is 0 Å². The van der Waals surface area contributed by atoms with E-state index in [0.29, 0.717) is 11.3 Å². The SMILES string of the molecule is O=C1Cc2cc(C(=O)NCC(O)C(F)(F)F)ccc2N1. The normalized spacial score (nSPS) is 15.5. The average Bonchev–Trinajstić information content (AvgIpc) is 2.73. The van der Waals surface area contributed by atoms with Gasteiger partial charge in [0, 0.05) is 11.3 Å². The van der Waals surface area contributed by atoms with Crippen LogP contribution in [0, 0.1) is 0 Å². The highest BCUT2D eigenvalue weighted by molar-refractivity contribution is 6.01. The number of amides is 2. The minimum Gasteiger partial charge on any atom is -0.382 e. The van der Waals surface area contributed by atoms with E-state index in [9.17, 15) is 22.8 Å². The summed E-state index contributed by atoms with van der Waals surface area (Å²) in [5.74, 6) is -0.944. The molecule has 0 radical (unpaired) electrons. The number of hydrogen-bond donors (Lipinski definition) is 3. The Labute approximate surface area is 111 Å². The van der Waals surface area contributed by atoms with Crippen molar-refractivity contribution >= 4 is 17.5 Å². The maximum atomic E-state index is 12.1. The molecule has 1 heterocycles. The molecule has 1 atom stereocenters. The topological polar surface area (TPSA) is 78.4 Å². The summed E-state index contributed by atoms with van der Waals surface area (Å²) in [5.41, 5.74) is 1.33. The van der Waals surface area contributed by atoms with Crippen molar-refractivity contribution in [2.45, 2.75) is 18.7 Å². The first-order valence-electron chi connectivity index (χ1n) is 5.73. The number of carbonyl (C=O) groups is 2. The molecule has 1 aromatic rings. The highest BCUT2D eigenvalue weighted by Gasteiger charge is 2.38. The van der Waals surface area contributed by atoms with Gasteiger partial charge in [-0.05, 0) is 23.8 Å². The van der Waals surface area contributed by atoms with Crippen molar-refractivity contribution < 1.29 is 27.9 Å². The molecular weight excluding hydrogens is 277 g/mol. The maximum absolute atomic E-state index is 12.1. The summed E-state index contributed by atoms with van der Waals surface area (Å²) in [6.45, 7) is -0.920. The Hall–Kier alpha value is -2.09. The summed E-state index contributed by atoms with van der Waals surface area (Å²) in [6.07, 6.45) is -7.26. The van der Waals surface area contributed by atoms with Crippen LogP contribution in [0.3, 0.4) is 0 Å². The lowest BCUT2D eigenvalue weighted by molar-refractivity contribution is -0.201. The fraction of sp³-hybridized carbons (Fsp3) is 0.333. The third-order valence-corrected chi connectivity index (χ3v) is 2.83. The number of fused-ring (bicyclic) bond motifs is 1. The molecule has 2 amide bonds. The van der Waals surface area contributed by atoms with Gasteiger partial charge in [-0.15, -0.1) is 0 Å². The van der Waals surface area contributed by atoms with Gasteiger partial charge in [0.25, 0.3) is 5.91 Å². The Kier molecular flexibility index (Phi) is 3.67. The zero-order valence-corrected chi connectivity index (χ0v) is 10.1. The molecule has 0 aromatic heterocycles. The fourth-order valence-electron chi connectivity index (χ4n) is 1.78. The molecule has 2 rings (SSSR count). The van der Waals surface area contributed by atoms with Gasteiger partial charge in [0.05, 0.1) is 13.0 Å². The van der Waals surface area contributed by atoms with Crippen LogP contribution in [0.4, 0.5) is 18.9 Å². The largest absolute Gasteiger partial charge is 0.416 e. The molecule has 1 aliphatic rings. The number of aliphatic hydroxyl groups excluding tert-OH is 1. The van der Waals surface area contributed by atoms with Crippen molar-refractivity contribution in [3.63, 3.8) is 0 Å². The molecule has 5 nitrogen and oxygen atoms in total. The fourth-order valence-corrected chi connectivity index (χ4v) is 1.78. The Balaban J connectivity index is 2.01. The number of carbonyl (C=O) groups excluding carboxylic acids is 2. The van der Waals surface area contributed by atoms with Gasteiger partial charge in [0.1, 0.15) is 0 Å². The van der Waals surface area contributed by atoms with Gasteiger partial charge in [0.2, 0.25) is 5.91 Å². The molecule has 0 saturated heterocycles. The Bertz CT molecular complexity index is 557. The van der Waals surface area contributed by atoms with E-state index in [2.05, 4.69) is 5.32 Å². The molecule has 8 heteroatoms. The van der Waals surface area contributed by atoms with Gasteiger partial charge in [0.15, 0.2) is 6.10 Å². The van der Waals surface area contributed by atoms with Gasteiger partial charge in [-0.2, -0.15) is 13.2 Å². The summed E-state index contributed by atoms with van der Waals surface area (Å²) in [4.78, 5) is 22.8. The van der Waals surface area contributed by atoms with E-state index in [4.69, 9.17) is 5.11 Å². The second kappa shape index (κ2) is 5.12. The first-order chi connectivity index (χ1) is 9.27. The molecule has 108 valence electrons. The zero-order valence-electron chi connectivity index (χ0n) is 10.1. The summed E-state index contributed by atoms with van der Waals surface area (Å²) < 4.78 is 36.2. The van der Waals surface area contributed by atoms with Crippen LogP contribution in [0.1, 0.15) is 15.9 Å². The lowest BCUT2D eigenvalue weighted by Gasteiger charge is -2.15. The van der Waals surface area contributed by atoms with Crippen LogP contribution in [0.25, 0.3) is 0 Å². The lowest BCUT2D eigenvalue weighted by atomic mass is 10.1.